The molecule has 0 aromatic heterocycles. The molecular weight excluding hydrogens is 182 g/mol. The zero-order valence-electron chi connectivity index (χ0n) is 10.8. The van der Waals surface area contributed by atoms with E-state index in [0.29, 0.717) is 0 Å². The fourth-order valence-electron chi connectivity index (χ4n) is 2.57. The summed E-state index contributed by atoms with van der Waals surface area (Å²) in [5.74, 6) is 2.72. The second kappa shape index (κ2) is 6.32. The Bertz CT molecular complexity index is 207. The molecule has 3 unspecified atom stereocenters. The van der Waals surface area contributed by atoms with E-state index in [0.717, 1.165) is 24.3 Å². The van der Waals surface area contributed by atoms with Crippen LogP contribution in [0.15, 0.2) is 11.6 Å². The van der Waals surface area contributed by atoms with Crippen molar-refractivity contribution in [2.45, 2.75) is 46.5 Å². The number of allylic oxidation sites excluding steroid dienone is 1. The minimum atomic E-state index is 0.869. The highest BCUT2D eigenvalue weighted by Crippen LogP contribution is 2.36. The van der Waals surface area contributed by atoms with Crippen LogP contribution >= 0.6 is 0 Å². The summed E-state index contributed by atoms with van der Waals surface area (Å²) in [7, 11) is 2.02. The van der Waals surface area contributed by atoms with Crippen molar-refractivity contribution in [3.8, 4) is 0 Å². The van der Waals surface area contributed by atoms with Crippen molar-refractivity contribution >= 4 is 0 Å². The van der Waals surface area contributed by atoms with E-state index in [-0.39, 0.29) is 0 Å². The summed E-state index contributed by atoms with van der Waals surface area (Å²) in [4.78, 5) is 0. The molecule has 1 rings (SSSR count). The molecule has 1 saturated carbocycles. The molecule has 1 nitrogen and oxygen atoms in total. The standard InChI is InChI=1S/C14H27N/c1-11-7-8-14(10-13(11)3)12(2)6-5-9-15-4/h6,11,13-15H,5,7-10H2,1-4H3. The van der Waals surface area contributed by atoms with Crippen molar-refractivity contribution < 1.29 is 0 Å². The van der Waals surface area contributed by atoms with Gasteiger partial charge in [-0.1, -0.05) is 25.5 Å². The molecule has 15 heavy (non-hydrogen) atoms. The first-order valence-corrected chi connectivity index (χ1v) is 6.46. The predicted molar refractivity (Wildman–Crippen MR) is 68.0 cm³/mol. The van der Waals surface area contributed by atoms with Crippen LogP contribution in [0.1, 0.15) is 46.5 Å². The molecule has 0 bridgehead atoms. The van der Waals surface area contributed by atoms with Crippen LogP contribution in [0.5, 0.6) is 0 Å². The van der Waals surface area contributed by atoms with Crippen LogP contribution in [-0.4, -0.2) is 13.6 Å². The predicted octanol–water partition coefficient (Wildman–Crippen LogP) is 3.61. The highest BCUT2D eigenvalue weighted by atomic mass is 14.8. The van der Waals surface area contributed by atoms with Gasteiger partial charge in [0.15, 0.2) is 0 Å². The quantitative estimate of drug-likeness (QED) is 0.551. The van der Waals surface area contributed by atoms with Gasteiger partial charge in [-0.2, -0.15) is 0 Å². The highest BCUT2D eigenvalue weighted by molar-refractivity contribution is 5.05. The second-order valence-corrected chi connectivity index (χ2v) is 5.30. The lowest BCUT2D eigenvalue weighted by Crippen LogP contribution is -2.21. The first kappa shape index (κ1) is 12.8. The van der Waals surface area contributed by atoms with Crippen LogP contribution in [-0.2, 0) is 0 Å². The summed E-state index contributed by atoms with van der Waals surface area (Å²) in [5, 5.41) is 3.20. The van der Waals surface area contributed by atoms with Crippen molar-refractivity contribution in [1.29, 1.82) is 0 Å². The van der Waals surface area contributed by atoms with Crippen LogP contribution in [0, 0.1) is 17.8 Å². The fourth-order valence-corrected chi connectivity index (χ4v) is 2.57. The van der Waals surface area contributed by atoms with Gasteiger partial charge in [0, 0.05) is 0 Å². The fraction of sp³-hybridized carbons (Fsp3) is 0.857. The minimum absolute atomic E-state index is 0.869. The zero-order chi connectivity index (χ0) is 11.3. The molecule has 0 saturated heterocycles. The average molecular weight is 209 g/mol. The number of hydrogen-bond donors (Lipinski definition) is 1. The van der Waals surface area contributed by atoms with Gasteiger partial charge in [0.25, 0.3) is 0 Å². The van der Waals surface area contributed by atoms with E-state index in [1.165, 1.54) is 25.7 Å². The van der Waals surface area contributed by atoms with Gasteiger partial charge in [0.1, 0.15) is 0 Å². The largest absolute Gasteiger partial charge is 0.319 e. The van der Waals surface area contributed by atoms with E-state index in [2.05, 4.69) is 32.2 Å². The van der Waals surface area contributed by atoms with E-state index in [9.17, 15) is 0 Å². The summed E-state index contributed by atoms with van der Waals surface area (Å²) in [6.45, 7) is 8.25. The summed E-state index contributed by atoms with van der Waals surface area (Å²) in [6, 6.07) is 0. The molecule has 0 radical (unpaired) electrons. The van der Waals surface area contributed by atoms with Crippen molar-refractivity contribution in [3.63, 3.8) is 0 Å². The molecule has 1 heteroatoms. The molecule has 1 N–H and O–H groups in total. The van der Waals surface area contributed by atoms with Gasteiger partial charge in [-0.25, -0.2) is 0 Å². The summed E-state index contributed by atoms with van der Waals surface area (Å²) < 4.78 is 0. The molecule has 0 aliphatic heterocycles. The Labute approximate surface area is 95.3 Å². The molecule has 88 valence electrons. The van der Waals surface area contributed by atoms with Gasteiger partial charge >= 0.3 is 0 Å². The van der Waals surface area contributed by atoms with Crippen molar-refractivity contribution in [2.75, 3.05) is 13.6 Å². The maximum Gasteiger partial charge on any atom is -0.00172 e. The zero-order valence-corrected chi connectivity index (χ0v) is 10.8. The number of hydrogen-bond acceptors (Lipinski definition) is 1. The maximum atomic E-state index is 3.20. The van der Waals surface area contributed by atoms with Crippen molar-refractivity contribution in [3.05, 3.63) is 11.6 Å². The molecule has 1 aliphatic rings. The van der Waals surface area contributed by atoms with Gasteiger partial charge in [0.05, 0.1) is 0 Å². The Morgan fingerprint density at radius 3 is 2.60 bits per heavy atom. The summed E-state index contributed by atoms with van der Waals surface area (Å²) >= 11 is 0. The topological polar surface area (TPSA) is 12.0 Å². The van der Waals surface area contributed by atoms with Crippen LogP contribution in [0.2, 0.25) is 0 Å². The Balaban J connectivity index is 2.39. The third kappa shape index (κ3) is 3.98. The van der Waals surface area contributed by atoms with E-state index >= 15 is 0 Å². The molecule has 0 heterocycles. The normalized spacial score (nSPS) is 33.1. The Morgan fingerprint density at radius 2 is 2.00 bits per heavy atom. The van der Waals surface area contributed by atoms with Crippen molar-refractivity contribution in [2.24, 2.45) is 17.8 Å². The number of rotatable bonds is 4. The van der Waals surface area contributed by atoms with Crippen molar-refractivity contribution in [1.82, 2.24) is 5.32 Å². The highest BCUT2D eigenvalue weighted by Gasteiger charge is 2.24. The SMILES string of the molecule is CNCCC=C(C)C1CCC(C)C(C)C1. The third-order valence-corrected chi connectivity index (χ3v) is 4.10. The first-order chi connectivity index (χ1) is 7.15. The molecule has 3 atom stereocenters. The Kier molecular flexibility index (Phi) is 5.38. The molecule has 0 aromatic rings. The average Bonchev–Trinajstić information content (AvgIpc) is 2.22. The summed E-state index contributed by atoms with van der Waals surface area (Å²) in [6.07, 6.45) is 7.85. The lowest BCUT2D eigenvalue weighted by Gasteiger charge is -2.32. The monoisotopic (exact) mass is 209 g/mol. The molecule has 1 fully saturated rings. The van der Waals surface area contributed by atoms with Crippen LogP contribution in [0.25, 0.3) is 0 Å². The molecule has 0 spiro atoms. The van der Waals surface area contributed by atoms with Gasteiger partial charge in [-0.3, -0.25) is 0 Å². The smallest absolute Gasteiger partial charge is 0.00172 e. The first-order valence-electron chi connectivity index (χ1n) is 6.46. The third-order valence-electron chi connectivity index (χ3n) is 4.10. The number of nitrogens with one attached hydrogen (secondary N) is 1. The van der Waals surface area contributed by atoms with Crippen LogP contribution < -0.4 is 5.32 Å². The lowest BCUT2D eigenvalue weighted by atomic mass is 9.73. The maximum absolute atomic E-state index is 3.20. The lowest BCUT2D eigenvalue weighted by molar-refractivity contribution is 0.229. The Hall–Kier alpha value is -0.300. The van der Waals surface area contributed by atoms with Gasteiger partial charge in [-0.15, -0.1) is 0 Å². The van der Waals surface area contributed by atoms with Gasteiger partial charge < -0.3 is 5.32 Å². The van der Waals surface area contributed by atoms with Crippen LogP contribution in [0.3, 0.4) is 0 Å². The molecule has 0 aromatic carbocycles. The van der Waals surface area contributed by atoms with Crippen LogP contribution in [0.4, 0.5) is 0 Å². The Morgan fingerprint density at radius 1 is 1.27 bits per heavy atom. The molecule has 1 aliphatic carbocycles. The van der Waals surface area contributed by atoms with E-state index in [4.69, 9.17) is 0 Å². The molecule has 0 amide bonds. The van der Waals surface area contributed by atoms with E-state index in [1.807, 2.05) is 7.05 Å². The van der Waals surface area contributed by atoms with Gasteiger partial charge in [-0.05, 0) is 64.0 Å². The minimum Gasteiger partial charge on any atom is -0.319 e. The molecular formula is C14H27N. The van der Waals surface area contributed by atoms with E-state index in [1.54, 1.807) is 5.57 Å². The van der Waals surface area contributed by atoms with Gasteiger partial charge in [0.2, 0.25) is 0 Å². The van der Waals surface area contributed by atoms with E-state index < -0.39 is 0 Å². The summed E-state index contributed by atoms with van der Waals surface area (Å²) in [5.41, 5.74) is 1.63. The second-order valence-electron chi connectivity index (χ2n) is 5.30.